The van der Waals surface area contributed by atoms with Crippen LogP contribution in [-0.2, 0) is 18.9 Å². The van der Waals surface area contributed by atoms with Crippen molar-refractivity contribution in [2.75, 3.05) is 33.9 Å². The summed E-state index contributed by atoms with van der Waals surface area (Å²) in [6.45, 7) is 2.35. The minimum absolute atomic E-state index is 0.142. The zero-order valence-electron chi connectivity index (χ0n) is 16.1. The highest BCUT2D eigenvalue weighted by molar-refractivity contribution is 5.39. The molecular formula is C21H29NO5. The third kappa shape index (κ3) is 1.77. The standard InChI is InChI=1S/C21H29NO5/c1-22-9-8-19-16-13-4-5-14(24-2)17(16)27-18(19)21(25-10-3-11-26-21)7-6-20(19,23)15(22)12-13/h4-5,13,15-16,18,23H,3,6-12H2,1-2H3/t13?,15-,16?,18-,19+,20?/m1/s1. The molecule has 3 heterocycles. The first-order valence-corrected chi connectivity index (χ1v) is 10.4. The highest BCUT2D eigenvalue weighted by Gasteiger charge is 2.80. The molecule has 3 aliphatic carbocycles. The molecule has 148 valence electrons. The van der Waals surface area contributed by atoms with Crippen LogP contribution in [-0.4, -0.2) is 67.5 Å². The molecule has 2 bridgehead atoms. The van der Waals surface area contributed by atoms with E-state index in [4.69, 9.17) is 18.9 Å². The lowest BCUT2D eigenvalue weighted by Gasteiger charge is -2.68. The van der Waals surface area contributed by atoms with Crippen LogP contribution in [0, 0.1) is 17.3 Å². The first-order valence-electron chi connectivity index (χ1n) is 10.4. The van der Waals surface area contributed by atoms with E-state index in [1.807, 2.05) is 0 Å². The summed E-state index contributed by atoms with van der Waals surface area (Å²) in [5.41, 5.74) is -1.17. The molecule has 3 unspecified atom stereocenters. The maximum Gasteiger partial charge on any atom is 0.206 e. The number of aliphatic hydroxyl groups is 1. The minimum Gasteiger partial charge on any atom is -0.493 e. The Hall–Kier alpha value is -1.08. The Kier molecular flexibility index (Phi) is 3.30. The van der Waals surface area contributed by atoms with Gasteiger partial charge in [0.15, 0.2) is 11.9 Å². The molecule has 5 fully saturated rings. The first-order chi connectivity index (χ1) is 13.1. The smallest absolute Gasteiger partial charge is 0.206 e. The van der Waals surface area contributed by atoms with Gasteiger partial charge in [-0.15, -0.1) is 0 Å². The molecule has 2 spiro atoms. The highest BCUT2D eigenvalue weighted by Crippen LogP contribution is 2.71. The Morgan fingerprint density at radius 1 is 1.22 bits per heavy atom. The predicted molar refractivity (Wildman–Crippen MR) is 96.5 cm³/mol. The molecule has 3 saturated heterocycles. The average Bonchev–Trinajstić information content (AvgIpc) is 3.05. The number of piperidine rings is 1. The van der Waals surface area contributed by atoms with E-state index < -0.39 is 11.4 Å². The van der Waals surface area contributed by atoms with E-state index >= 15 is 0 Å². The van der Waals surface area contributed by atoms with Gasteiger partial charge in [-0.2, -0.15) is 0 Å². The van der Waals surface area contributed by atoms with Crippen molar-refractivity contribution in [2.24, 2.45) is 17.3 Å². The second-order valence-corrected chi connectivity index (χ2v) is 9.24. The van der Waals surface area contributed by atoms with Crippen molar-refractivity contribution >= 4 is 0 Å². The van der Waals surface area contributed by atoms with Gasteiger partial charge < -0.3 is 29.0 Å². The molecule has 27 heavy (non-hydrogen) atoms. The van der Waals surface area contributed by atoms with Gasteiger partial charge in [-0.25, -0.2) is 0 Å². The molecule has 0 aromatic carbocycles. The van der Waals surface area contributed by atoms with Crippen molar-refractivity contribution in [3.8, 4) is 0 Å². The topological polar surface area (TPSA) is 60.4 Å². The van der Waals surface area contributed by atoms with Crippen molar-refractivity contribution in [2.45, 2.75) is 55.6 Å². The summed E-state index contributed by atoms with van der Waals surface area (Å²) in [4.78, 5) is 2.36. The van der Waals surface area contributed by atoms with Crippen LogP contribution in [0.15, 0.2) is 23.7 Å². The maximum atomic E-state index is 12.2. The van der Waals surface area contributed by atoms with E-state index in [0.29, 0.717) is 32.0 Å². The monoisotopic (exact) mass is 375 g/mol. The van der Waals surface area contributed by atoms with E-state index in [1.165, 1.54) is 0 Å². The molecule has 0 radical (unpaired) electrons. The Morgan fingerprint density at radius 2 is 2.04 bits per heavy atom. The zero-order valence-corrected chi connectivity index (χ0v) is 16.1. The molecule has 0 amide bonds. The Balaban J connectivity index is 1.57. The molecule has 6 rings (SSSR count). The summed E-state index contributed by atoms with van der Waals surface area (Å²) in [6.07, 6.45) is 8.19. The van der Waals surface area contributed by atoms with Gasteiger partial charge in [0.05, 0.1) is 31.3 Å². The van der Waals surface area contributed by atoms with Crippen LogP contribution < -0.4 is 0 Å². The number of ether oxygens (including phenoxy) is 4. The Labute approximate surface area is 160 Å². The van der Waals surface area contributed by atoms with Crippen molar-refractivity contribution in [1.82, 2.24) is 4.90 Å². The molecule has 6 nitrogen and oxygen atoms in total. The number of allylic oxidation sites excluding steroid dienone is 3. The lowest BCUT2D eigenvalue weighted by atomic mass is 9.43. The maximum absolute atomic E-state index is 12.2. The fourth-order valence-electron chi connectivity index (χ4n) is 7.37. The quantitative estimate of drug-likeness (QED) is 0.754. The van der Waals surface area contributed by atoms with E-state index in [9.17, 15) is 5.11 Å². The third-order valence-electron chi connectivity index (χ3n) is 8.43. The number of rotatable bonds is 1. The van der Waals surface area contributed by atoms with Gasteiger partial charge in [-0.05, 0) is 51.3 Å². The van der Waals surface area contributed by atoms with Gasteiger partial charge in [0.25, 0.3) is 0 Å². The van der Waals surface area contributed by atoms with Crippen molar-refractivity contribution in [3.05, 3.63) is 23.7 Å². The van der Waals surface area contributed by atoms with Crippen LogP contribution in [0.1, 0.15) is 32.1 Å². The van der Waals surface area contributed by atoms with Gasteiger partial charge in [0.2, 0.25) is 5.79 Å². The Morgan fingerprint density at radius 3 is 2.81 bits per heavy atom. The van der Waals surface area contributed by atoms with Crippen LogP contribution in [0.2, 0.25) is 0 Å². The summed E-state index contributed by atoms with van der Waals surface area (Å²) < 4.78 is 25.0. The van der Waals surface area contributed by atoms with Gasteiger partial charge >= 0.3 is 0 Å². The van der Waals surface area contributed by atoms with E-state index in [1.54, 1.807) is 7.11 Å². The number of hydrogen-bond donors (Lipinski definition) is 1. The summed E-state index contributed by atoms with van der Waals surface area (Å²) in [5.74, 6) is 1.47. The zero-order chi connectivity index (χ0) is 18.4. The lowest BCUT2D eigenvalue weighted by molar-refractivity contribution is -0.374. The van der Waals surface area contributed by atoms with Gasteiger partial charge in [-0.1, -0.05) is 6.08 Å². The van der Waals surface area contributed by atoms with E-state index in [2.05, 4.69) is 24.1 Å². The molecule has 0 aromatic heterocycles. The minimum atomic E-state index is -0.785. The van der Waals surface area contributed by atoms with Crippen molar-refractivity contribution in [3.63, 3.8) is 0 Å². The molecule has 6 heteroatoms. The van der Waals surface area contributed by atoms with Crippen LogP contribution in [0.25, 0.3) is 0 Å². The van der Waals surface area contributed by atoms with Crippen molar-refractivity contribution < 1.29 is 24.1 Å². The van der Waals surface area contributed by atoms with Crippen LogP contribution >= 0.6 is 0 Å². The van der Waals surface area contributed by atoms with Crippen LogP contribution in [0.4, 0.5) is 0 Å². The number of nitrogens with zero attached hydrogens (tertiary/aromatic N) is 1. The largest absolute Gasteiger partial charge is 0.493 e. The SMILES string of the molecule is COC1=C2O[C@H]3C4(CCC5(O)[C@H]6CC(C=C1)C2[C@@]35CCN6C)OCCCO4. The number of likely N-dealkylation sites (N-methyl/N-ethyl adjacent to an activating group) is 1. The Bertz CT molecular complexity index is 728. The molecule has 1 N–H and O–H groups in total. The van der Waals surface area contributed by atoms with Crippen molar-refractivity contribution in [1.29, 1.82) is 0 Å². The first kappa shape index (κ1) is 16.8. The predicted octanol–water partition coefficient (Wildman–Crippen LogP) is 1.80. The molecule has 3 aliphatic heterocycles. The van der Waals surface area contributed by atoms with Crippen LogP contribution in [0.5, 0.6) is 0 Å². The fraction of sp³-hybridized carbons (Fsp3) is 0.810. The summed E-state index contributed by atoms with van der Waals surface area (Å²) in [6, 6.07) is 0.146. The fourth-order valence-corrected chi connectivity index (χ4v) is 7.37. The van der Waals surface area contributed by atoms with Gasteiger partial charge in [-0.3, -0.25) is 0 Å². The average molecular weight is 375 g/mol. The third-order valence-corrected chi connectivity index (χ3v) is 8.43. The number of hydrogen-bond acceptors (Lipinski definition) is 6. The normalized spacial score (nSPS) is 49.7. The van der Waals surface area contributed by atoms with Crippen LogP contribution in [0.3, 0.4) is 0 Å². The summed E-state index contributed by atoms with van der Waals surface area (Å²) >= 11 is 0. The molecule has 2 saturated carbocycles. The van der Waals surface area contributed by atoms with Gasteiger partial charge in [0.1, 0.15) is 5.76 Å². The van der Waals surface area contributed by atoms with E-state index in [0.717, 1.165) is 37.3 Å². The molecule has 6 atom stereocenters. The second kappa shape index (κ2) is 5.29. The molecule has 6 aliphatic rings. The number of methoxy groups -OCH3 is 1. The summed E-state index contributed by atoms with van der Waals surface area (Å²) in [7, 11) is 3.86. The lowest BCUT2D eigenvalue weighted by Crippen LogP contribution is -2.79. The van der Waals surface area contributed by atoms with E-state index in [-0.39, 0.29) is 23.5 Å². The molecular weight excluding hydrogens is 346 g/mol. The molecule has 0 aromatic rings. The van der Waals surface area contributed by atoms with Gasteiger partial charge in [0, 0.05) is 18.4 Å². The second-order valence-electron chi connectivity index (χ2n) is 9.24. The number of fused-ring (bicyclic) bond motifs is 1. The highest BCUT2D eigenvalue weighted by atomic mass is 16.7. The number of likely N-dealkylation sites (tertiary alicyclic amines) is 1. The summed E-state index contributed by atoms with van der Waals surface area (Å²) in [5, 5.41) is 12.2.